The Morgan fingerprint density at radius 1 is 1.16 bits per heavy atom. The van der Waals surface area contributed by atoms with Gasteiger partial charge >= 0.3 is 0 Å². The number of carbonyl (C=O) groups is 1. The Morgan fingerprint density at radius 2 is 2.04 bits per heavy atom. The van der Waals surface area contributed by atoms with Crippen LogP contribution < -0.4 is 19.5 Å². The largest absolute Gasteiger partial charge is 0.497 e. The minimum atomic E-state index is -0.0739. The monoisotopic (exact) mass is 341 g/mol. The predicted octanol–water partition coefficient (Wildman–Crippen LogP) is 3.00. The van der Waals surface area contributed by atoms with Gasteiger partial charge in [-0.2, -0.15) is 0 Å². The fourth-order valence-electron chi connectivity index (χ4n) is 2.99. The molecule has 25 heavy (non-hydrogen) atoms. The number of methoxy groups -OCH3 is 2. The van der Waals surface area contributed by atoms with Gasteiger partial charge in [-0.15, -0.1) is 0 Å². The van der Waals surface area contributed by atoms with Crippen LogP contribution in [-0.4, -0.2) is 33.3 Å². The van der Waals surface area contributed by atoms with Crippen LogP contribution in [0.25, 0.3) is 0 Å². The lowest BCUT2D eigenvalue weighted by Gasteiger charge is -2.17. The van der Waals surface area contributed by atoms with Crippen LogP contribution in [-0.2, 0) is 12.8 Å². The SMILES string of the molecule is COc1ccc(OC)c(CCNC(=O)c2ccc3c(c2)CCCO3)c1. The summed E-state index contributed by atoms with van der Waals surface area (Å²) in [6, 6.07) is 11.3. The first-order chi connectivity index (χ1) is 12.2. The summed E-state index contributed by atoms with van der Waals surface area (Å²) in [6.45, 7) is 1.27. The van der Waals surface area contributed by atoms with Crippen molar-refractivity contribution in [2.45, 2.75) is 19.3 Å². The average Bonchev–Trinajstić information content (AvgIpc) is 2.67. The van der Waals surface area contributed by atoms with Crippen LogP contribution in [0.1, 0.15) is 27.9 Å². The Balaban J connectivity index is 1.61. The van der Waals surface area contributed by atoms with Crippen LogP contribution in [0.5, 0.6) is 17.2 Å². The fraction of sp³-hybridized carbons (Fsp3) is 0.350. The zero-order valence-corrected chi connectivity index (χ0v) is 14.6. The molecule has 0 radical (unpaired) electrons. The van der Waals surface area contributed by atoms with Gasteiger partial charge in [-0.1, -0.05) is 0 Å². The van der Waals surface area contributed by atoms with Gasteiger partial charge in [-0.3, -0.25) is 4.79 Å². The Kier molecular flexibility index (Phi) is 5.43. The molecule has 1 aliphatic rings. The minimum Gasteiger partial charge on any atom is -0.497 e. The third-order valence-corrected chi connectivity index (χ3v) is 4.34. The van der Waals surface area contributed by atoms with Crippen molar-refractivity contribution < 1.29 is 19.0 Å². The molecule has 1 N–H and O–H groups in total. The highest BCUT2D eigenvalue weighted by atomic mass is 16.5. The Bertz CT molecular complexity index is 757. The van der Waals surface area contributed by atoms with Gasteiger partial charge in [-0.25, -0.2) is 0 Å². The summed E-state index contributed by atoms with van der Waals surface area (Å²) < 4.78 is 16.2. The van der Waals surface area contributed by atoms with Crippen LogP contribution in [0.3, 0.4) is 0 Å². The highest BCUT2D eigenvalue weighted by molar-refractivity contribution is 5.94. The molecule has 0 saturated carbocycles. The smallest absolute Gasteiger partial charge is 0.251 e. The topological polar surface area (TPSA) is 56.8 Å². The van der Waals surface area contributed by atoms with E-state index in [1.54, 1.807) is 14.2 Å². The number of rotatable bonds is 6. The van der Waals surface area contributed by atoms with Gasteiger partial charge in [0.05, 0.1) is 20.8 Å². The molecule has 1 aliphatic heterocycles. The molecule has 0 bridgehead atoms. The molecule has 3 rings (SSSR count). The van der Waals surface area contributed by atoms with E-state index in [1.807, 2.05) is 36.4 Å². The number of ether oxygens (including phenoxy) is 3. The second kappa shape index (κ2) is 7.92. The number of aryl methyl sites for hydroxylation is 1. The molecule has 132 valence electrons. The van der Waals surface area contributed by atoms with E-state index < -0.39 is 0 Å². The Morgan fingerprint density at radius 3 is 2.84 bits per heavy atom. The number of hydrogen-bond acceptors (Lipinski definition) is 4. The molecule has 5 nitrogen and oxygen atoms in total. The summed E-state index contributed by atoms with van der Waals surface area (Å²) in [4.78, 5) is 12.4. The van der Waals surface area contributed by atoms with Crippen molar-refractivity contribution in [2.75, 3.05) is 27.4 Å². The average molecular weight is 341 g/mol. The number of fused-ring (bicyclic) bond motifs is 1. The molecule has 0 unspecified atom stereocenters. The lowest BCUT2D eigenvalue weighted by molar-refractivity contribution is 0.0954. The van der Waals surface area contributed by atoms with E-state index in [9.17, 15) is 4.79 Å². The van der Waals surface area contributed by atoms with E-state index in [0.29, 0.717) is 18.5 Å². The maximum atomic E-state index is 12.4. The summed E-state index contributed by atoms with van der Waals surface area (Å²) in [5, 5.41) is 2.97. The van der Waals surface area contributed by atoms with E-state index in [2.05, 4.69) is 5.32 Å². The maximum Gasteiger partial charge on any atom is 0.251 e. The number of nitrogens with one attached hydrogen (secondary N) is 1. The normalized spacial score (nSPS) is 12.7. The van der Waals surface area contributed by atoms with Crippen LogP contribution in [0.2, 0.25) is 0 Å². The lowest BCUT2D eigenvalue weighted by atomic mass is 10.0. The van der Waals surface area contributed by atoms with Gasteiger partial charge in [0, 0.05) is 12.1 Å². The minimum absolute atomic E-state index is 0.0739. The molecule has 0 saturated heterocycles. The molecular weight excluding hydrogens is 318 g/mol. The van der Waals surface area contributed by atoms with Gasteiger partial charge in [0.25, 0.3) is 5.91 Å². The quantitative estimate of drug-likeness (QED) is 0.877. The Hall–Kier alpha value is -2.69. The van der Waals surface area contributed by atoms with Crippen LogP contribution in [0.4, 0.5) is 0 Å². The summed E-state index contributed by atoms with van der Waals surface area (Å²) in [5.74, 6) is 2.39. The zero-order valence-electron chi connectivity index (χ0n) is 14.6. The van der Waals surface area contributed by atoms with Gasteiger partial charge in [-0.05, 0) is 66.8 Å². The first-order valence-corrected chi connectivity index (χ1v) is 8.46. The molecule has 0 aromatic heterocycles. The van der Waals surface area contributed by atoms with Gasteiger partial charge < -0.3 is 19.5 Å². The fourth-order valence-corrected chi connectivity index (χ4v) is 2.99. The van der Waals surface area contributed by atoms with Crippen molar-refractivity contribution in [2.24, 2.45) is 0 Å². The zero-order chi connectivity index (χ0) is 17.6. The standard InChI is InChI=1S/C20H23NO4/c1-23-17-6-8-18(24-2)15(13-17)9-10-21-20(22)16-5-7-19-14(12-16)4-3-11-25-19/h5-8,12-13H,3-4,9-11H2,1-2H3,(H,21,22). The number of benzene rings is 2. The summed E-state index contributed by atoms with van der Waals surface area (Å²) >= 11 is 0. The van der Waals surface area contributed by atoms with Crippen LogP contribution in [0, 0.1) is 0 Å². The molecule has 0 atom stereocenters. The van der Waals surface area contributed by atoms with Crippen molar-refractivity contribution in [1.29, 1.82) is 0 Å². The van der Waals surface area contributed by atoms with Gasteiger partial charge in [0.1, 0.15) is 17.2 Å². The molecule has 2 aromatic rings. The van der Waals surface area contributed by atoms with Gasteiger partial charge in [0.15, 0.2) is 0 Å². The molecular formula is C20H23NO4. The number of hydrogen-bond donors (Lipinski definition) is 1. The van der Waals surface area contributed by atoms with E-state index in [0.717, 1.165) is 47.8 Å². The third-order valence-electron chi connectivity index (χ3n) is 4.34. The first-order valence-electron chi connectivity index (χ1n) is 8.46. The lowest BCUT2D eigenvalue weighted by Crippen LogP contribution is -2.26. The van der Waals surface area contributed by atoms with Crippen molar-refractivity contribution >= 4 is 5.91 Å². The summed E-state index contributed by atoms with van der Waals surface area (Å²) in [6.07, 6.45) is 2.62. The number of carbonyl (C=O) groups excluding carboxylic acids is 1. The molecule has 2 aromatic carbocycles. The molecule has 0 fully saturated rings. The van der Waals surface area contributed by atoms with Crippen LogP contribution >= 0.6 is 0 Å². The highest BCUT2D eigenvalue weighted by Gasteiger charge is 2.14. The molecule has 0 spiro atoms. The second-order valence-corrected chi connectivity index (χ2v) is 5.96. The third kappa shape index (κ3) is 4.05. The highest BCUT2D eigenvalue weighted by Crippen LogP contribution is 2.26. The first kappa shape index (κ1) is 17.1. The van der Waals surface area contributed by atoms with Crippen molar-refractivity contribution in [1.82, 2.24) is 5.32 Å². The summed E-state index contributed by atoms with van der Waals surface area (Å²) in [5.41, 5.74) is 2.77. The van der Waals surface area contributed by atoms with Crippen molar-refractivity contribution in [3.05, 3.63) is 53.1 Å². The van der Waals surface area contributed by atoms with E-state index >= 15 is 0 Å². The van der Waals surface area contributed by atoms with Crippen molar-refractivity contribution in [3.8, 4) is 17.2 Å². The maximum absolute atomic E-state index is 12.4. The van der Waals surface area contributed by atoms with E-state index in [1.165, 1.54) is 0 Å². The van der Waals surface area contributed by atoms with E-state index in [4.69, 9.17) is 14.2 Å². The molecule has 1 heterocycles. The van der Waals surface area contributed by atoms with Gasteiger partial charge in [0.2, 0.25) is 0 Å². The molecule has 5 heteroatoms. The predicted molar refractivity (Wildman–Crippen MR) is 95.8 cm³/mol. The molecule has 1 amide bonds. The summed E-state index contributed by atoms with van der Waals surface area (Å²) in [7, 11) is 3.27. The van der Waals surface area contributed by atoms with Crippen molar-refractivity contribution in [3.63, 3.8) is 0 Å². The Labute approximate surface area is 147 Å². The second-order valence-electron chi connectivity index (χ2n) is 5.96. The number of amides is 1. The van der Waals surface area contributed by atoms with Crippen LogP contribution in [0.15, 0.2) is 36.4 Å². The van der Waals surface area contributed by atoms with E-state index in [-0.39, 0.29) is 5.91 Å². The molecule has 0 aliphatic carbocycles.